The van der Waals surface area contributed by atoms with Crippen molar-refractivity contribution in [3.63, 3.8) is 0 Å². The van der Waals surface area contributed by atoms with E-state index in [4.69, 9.17) is 0 Å². The highest BCUT2D eigenvalue weighted by atomic mass is 16.2. The van der Waals surface area contributed by atoms with Crippen LogP contribution >= 0.6 is 0 Å². The van der Waals surface area contributed by atoms with E-state index < -0.39 is 0 Å². The number of fused-ring (bicyclic) bond motifs is 2. The number of rotatable bonds is 3. The van der Waals surface area contributed by atoms with Crippen molar-refractivity contribution in [2.24, 2.45) is 11.8 Å². The first kappa shape index (κ1) is 22.3. The molecule has 1 aliphatic carbocycles. The number of carbonyl (C=O) groups excluding carboxylic acids is 1. The van der Waals surface area contributed by atoms with Crippen LogP contribution in [0.1, 0.15) is 67.6 Å². The maximum absolute atomic E-state index is 14.4. The quantitative estimate of drug-likeness (QED) is 0.708. The Morgan fingerprint density at radius 2 is 1.65 bits per heavy atom. The van der Waals surface area contributed by atoms with E-state index in [-0.39, 0.29) is 11.3 Å². The SMILES string of the molecule is O=C([C@H]1CNC[C@@]12CNCc1ccccc12)N1CC[C@@H](c2ccccc2)C[C@H]1C1CCCCC1. The van der Waals surface area contributed by atoms with Gasteiger partial charge in [0.15, 0.2) is 0 Å². The van der Waals surface area contributed by atoms with Gasteiger partial charge in [-0.1, -0.05) is 73.9 Å². The van der Waals surface area contributed by atoms with E-state index >= 15 is 0 Å². The van der Waals surface area contributed by atoms with E-state index in [9.17, 15) is 4.79 Å². The van der Waals surface area contributed by atoms with Crippen LogP contribution in [-0.2, 0) is 16.8 Å². The summed E-state index contributed by atoms with van der Waals surface area (Å²) < 4.78 is 0. The molecule has 4 heteroatoms. The number of benzene rings is 2. The number of hydrogen-bond donors (Lipinski definition) is 2. The molecule has 0 radical (unpaired) electrons. The Bertz CT molecular complexity index is 1000. The average Bonchev–Trinajstić information content (AvgIpc) is 3.33. The maximum atomic E-state index is 14.4. The summed E-state index contributed by atoms with van der Waals surface area (Å²) in [4.78, 5) is 16.8. The minimum absolute atomic E-state index is 0.0146. The Morgan fingerprint density at radius 3 is 2.50 bits per heavy atom. The molecule has 180 valence electrons. The molecule has 2 N–H and O–H groups in total. The number of amides is 1. The van der Waals surface area contributed by atoms with Crippen molar-refractivity contribution in [2.75, 3.05) is 26.2 Å². The molecule has 3 fully saturated rings. The molecule has 0 bridgehead atoms. The molecule has 1 saturated carbocycles. The van der Waals surface area contributed by atoms with Crippen molar-refractivity contribution in [2.45, 2.75) is 68.9 Å². The zero-order valence-corrected chi connectivity index (χ0v) is 20.3. The van der Waals surface area contributed by atoms with E-state index in [1.165, 1.54) is 48.8 Å². The molecular formula is C30H39N3O. The molecular weight excluding hydrogens is 418 g/mol. The monoisotopic (exact) mass is 457 g/mol. The Morgan fingerprint density at radius 1 is 0.882 bits per heavy atom. The third kappa shape index (κ3) is 3.89. The van der Waals surface area contributed by atoms with Crippen LogP contribution in [0.25, 0.3) is 0 Å². The number of nitrogens with one attached hydrogen (secondary N) is 2. The highest BCUT2D eigenvalue weighted by molar-refractivity contribution is 5.82. The molecule has 1 spiro atoms. The molecule has 0 unspecified atom stereocenters. The van der Waals surface area contributed by atoms with Gasteiger partial charge in [0.25, 0.3) is 0 Å². The van der Waals surface area contributed by atoms with E-state index in [0.29, 0.717) is 23.8 Å². The molecule has 4 atom stereocenters. The summed E-state index contributed by atoms with van der Waals surface area (Å²) in [5, 5.41) is 7.29. The predicted octanol–water partition coefficient (Wildman–Crippen LogP) is 4.60. The molecule has 3 aliphatic heterocycles. The van der Waals surface area contributed by atoms with Crippen molar-refractivity contribution in [1.29, 1.82) is 0 Å². The zero-order valence-electron chi connectivity index (χ0n) is 20.3. The lowest BCUT2D eigenvalue weighted by atomic mass is 9.68. The second kappa shape index (κ2) is 9.47. The fourth-order valence-electron chi connectivity index (χ4n) is 7.69. The van der Waals surface area contributed by atoms with Crippen molar-refractivity contribution >= 4 is 5.91 Å². The van der Waals surface area contributed by atoms with E-state index in [1.54, 1.807) is 0 Å². The first-order chi connectivity index (χ1) is 16.8. The molecule has 2 aromatic carbocycles. The fourth-order valence-corrected chi connectivity index (χ4v) is 7.69. The van der Waals surface area contributed by atoms with Gasteiger partial charge in [0.2, 0.25) is 5.91 Å². The second-order valence-electron chi connectivity index (χ2n) is 11.2. The van der Waals surface area contributed by atoms with Gasteiger partial charge in [-0.15, -0.1) is 0 Å². The van der Waals surface area contributed by atoms with Gasteiger partial charge >= 0.3 is 0 Å². The van der Waals surface area contributed by atoms with Gasteiger partial charge in [0.1, 0.15) is 0 Å². The Balaban J connectivity index is 1.30. The number of nitrogens with zero attached hydrogens (tertiary/aromatic N) is 1. The lowest BCUT2D eigenvalue weighted by Crippen LogP contribution is -2.57. The van der Waals surface area contributed by atoms with Gasteiger partial charge in [-0.3, -0.25) is 4.79 Å². The molecule has 3 heterocycles. The third-order valence-corrected chi connectivity index (χ3v) is 9.46. The second-order valence-corrected chi connectivity index (χ2v) is 11.2. The van der Waals surface area contributed by atoms with E-state index in [2.05, 4.69) is 70.1 Å². The van der Waals surface area contributed by atoms with Crippen molar-refractivity contribution in [3.8, 4) is 0 Å². The van der Waals surface area contributed by atoms with Crippen LogP contribution in [0, 0.1) is 11.8 Å². The standard InChI is InChI=1S/C30H39N3O/c34-29(27-19-32-21-30(27)20-31-18-25-13-7-8-14-26(25)30)33-16-15-24(22-9-3-1-4-10-22)17-28(33)23-11-5-2-6-12-23/h1,3-4,7-10,13-14,23-24,27-28,31-32H,2,5-6,11-12,15-21H2/t24-,27-,28+,30-/m1/s1. The van der Waals surface area contributed by atoms with Gasteiger partial charge in [-0.25, -0.2) is 0 Å². The molecule has 2 saturated heterocycles. The first-order valence-electron chi connectivity index (χ1n) is 13.6. The van der Waals surface area contributed by atoms with Crippen LogP contribution in [0.2, 0.25) is 0 Å². The highest BCUT2D eigenvalue weighted by Crippen LogP contribution is 2.44. The Kier molecular flexibility index (Phi) is 6.21. The van der Waals surface area contributed by atoms with Gasteiger partial charge in [-0.05, 0) is 54.2 Å². The summed E-state index contributed by atoms with van der Waals surface area (Å²) >= 11 is 0. The van der Waals surface area contributed by atoms with Gasteiger partial charge in [0, 0.05) is 44.2 Å². The largest absolute Gasteiger partial charge is 0.339 e. The predicted molar refractivity (Wildman–Crippen MR) is 137 cm³/mol. The molecule has 6 rings (SSSR count). The van der Waals surface area contributed by atoms with Crippen LogP contribution in [0.5, 0.6) is 0 Å². The zero-order chi connectivity index (χ0) is 23.0. The van der Waals surface area contributed by atoms with Crippen LogP contribution in [0.4, 0.5) is 0 Å². The summed E-state index contributed by atoms with van der Waals surface area (Å²) in [5.74, 6) is 1.66. The fraction of sp³-hybridized carbons (Fsp3) is 0.567. The van der Waals surface area contributed by atoms with Crippen molar-refractivity contribution < 1.29 is 4.79 Å². The molecule has 2 aromatic rings. The van der Waals surface area contributed by atoms with Crippen LogP contribution in [0.15, 0.2) is 54.6 Å². The minimum Gasteiger partial charge on any atom is -0.339 e. The normalized spacial score (nSPS) is 32.0. The molecule has 1 amide bonds. The minimum atomic E-state index is -0.126. The summed E-state index contributed by atoms with van der Waals surface area (Å²) in [6, 6.07) is 20.2. The third-order valence-electron chi connectivity index (χ3n) is 9.46. The topological polar surface area (TPSA) is 44.4 Å². The molecule has 4 aliphatic rings. The van der Waals surface area contributed by atoms with Crippen LogP contribution in [-0.4, -0.2) is 43.0 Å². The van der Waals surface area contributed by atoms with Crippen LogP contribution < -0.4 is 10.6 Å². The van der Waals surface area contributed by atoms with Crippen molar-refractivity contribution in [1.82, 2.24) is 15.5 Å². The van der Waals surface area contributed by atoms with E-state index in [1.807, 2.05) is 0 Å². The van der Waals surface area contributed by atoms with Gasteiger partial charge in [0.05, 0.1) is 5.92 Å². The average molecular weight is 458 g/mol. The van der Waals surface area contributed by atoms with Crippen molar-refractivity contribution in [3.05, 3.63) is 71.3 Å². The maximum Gasteiger partial charge on any atom is 0.228 e. The Labute approximate surface area is 204 Å². The number of likely N-dealkylation sites (tertiary alicyclic amines) is 1. The molecule has 4 nitrogen and oxygen atoms in total. The lowest BCUT2D eigenvalue weighted by molar-refractivity contribution is -0.142. The molecule has 0 aromatic heterocycles. The highest BCUT2D eigenvalue weighted by Gasteiger charge is 2.52. The lowest BCUT2D eigenvalue weighted by Gasteiger charge is -2.48. The Hall–Kier alpha value is -2.17. The van der Waals surface area contributed by atoms with Gasteiger partial charge < -0.3 is 15.5 Å². The summed E-state index contributed by atoms with van der Waals surface area (Å²) in [6.45, 7) is 4.39. The summed E-state index contributed by atoms with van der Waals surface area (Å²) in [6.07, 6.45) is 8.79. The van der Waals surface area contributed by atoms with E-state index in [0.717, 1.165) is 45.6 Å². The van der Waals surface area contributed by atoms with Crippen LogP contribution in [0.3, 0.4) is 0 Å². The smallest absolute Gasteiger partial charge is 0.228 e. The number of carbonyl (C=O) groups is 1. The number of hydrogen-bond acceptors (Lipinski definition) is 3. The van der Waals surface area contributed by atoms with Gasteiger partial charge in [-0.2, -0.15) is 0 Å². The molecule has 34 heavy (non-hydrogen) atoms. The first-order valence-corrected chi connectivity index (χ1v) is 13.6. The summed E-state index contributed by atoms with van der Waals surface area (Å²) in [5.41, 5.74) is 4.09. The number of piperidine rings is 1. The summed E-state index contributed by atoms with van der Waals surface area (Å²) in [7, 11) is 0.